The quantitative estimate of drug-likeness (QED) is 0.411. The zero-order chi connectivity index (χ0) is 22.1. The molecule has 2 nitrogen and oxygen atoms in total. The van der Waals surface area contributed by atoms with Crippen LogP contribution < -0.4 is 0 Å². The van der Waals surface area contributed by atoms with Crippen LogP contribution in [0.1, 0.15) is 59.3 Å². The highest BCUT2D eigenvalue weighted by atomic mass is 28.4. The van der Waals surface area contributed by atoms with E-state index < -0.39 is 16.6 Å². The van der Waals surface area contributed by atoms with E-state index in [4.69, 9.17) is 8.85 Å². The van der Waals surface area contributed by atoms with Crippen LogP contribution in [0, 0.1) is 34.5 Å². The minimum atomic E-state index is -1.57. The maximum atomic E-state index is 6.77. The van der Waals surface area contributed by atoms with Crippen molar-refractivity contribution in [1.29, 1.82) is 0 Å². The molecule has 30 heavy (non-hydrogen) atoms. The lowest BCUT2D eigenvalue weighted by atomic mass is 9.45. The molecule has 0 aliphatic heterocycles. The highest BCUT2D eigenvalue weighted by Gasteiger charge is 2.60. The molecule has 0 amide bonds. The number of hydrogen-bond acceptors (Lipinski definition) is 2. The van der Waals surface area contributed by atoms with Crippen LogP contribution in [0.2, 0.25) is 39.3 Å². The normalized spacial score (nSPS) is 43.8. The standard InChI is InChI=1S/C26H46O2Si2/c1-18-16-20(27-29(4,5)6)17-19-10-11-21-22-12-13-24(28-30(7,8)9)25(22,2)15-14-23(21)26(18,19)3/h16-17,19,21-24H,10-15H2,1-9H3/t19-,21?,22?,23?,24-,25-,26-/m0/s1. The molecule has 0 N–H and O–H groups in total. The maximum absolute atomic E-state index is 6.77. The summed E-state index contributed by atoms with van der Waals surface area (Å²) in [5.41, 5.74) is 2.29. The molecule has 0 spiro atoms. The first-order valence-electron chi connectivity index (χ1n) is 12.5. The fourth-order valence-corrected chi connectivity index (χ4v) is 9.90. The Balaban J connectivity index is 1.58. The fourth-order valence-electron chi connectivity index (χ4n) is 7.83. The third-order valence-corrected chi connectivity index (χ3v) is 11.0. The molecule has 4 aliphatic carbocycles. The summed E-state index contributed by atoms with van der Waals surface area (Å²) in [6.45, 7) is 21.6. The first-order chi connectivity index (χ1) is 13.7. The minimum Gasteiger partial charge on any atom is -0.545 e. The van der Waals surface area contributed by atoms with Crippen LogP contribution >= 0.6 is 0 Å². The summed E-state index contributed by atoms with van der Waals surface area (Å²) in [6, 6.07) is 0. The number of allylic oxidation sites excluding steroid dienone is 3. The minimum absolute atomic E-state index is 0.314. The zero-order valence-electron chi connectivity index (χ0n) is 21.1. The molecule has 4 rings (SSSR count). The molecule has 7 atom stereocenters. The summed E-state index contributed by atoms with van der Waals surface area (Å²) in [4.78, 5) is 0. The Bertz CT molecular complexity index is 743. The van der Waals surface area contributed by atoms with E-state index in [0.717, 1.165) is 23.5 Å². The maximum Gasteiger partial charge on any atom is 0.242 e. The molecule has 4 heteroatoms. The highest BCUT2D eigenvalue weighted by Crippen LogP contribution is 2.66. The van der Waals surface area contributed by atoms with E-state index in [1.54, 1.807) is 5.57 Å². The van der Waals surface area contributed by atoms with Gasteiger partial charge in [-0.25, -0.2) is 0 Å². The summed E-state index contributed by atoms with van der Waals surface area (Å²) in [6.07, 6.45) is 13.5. The van der Waals surface area contributed by atoms with Crippen molar-refractivity contribution < 1.29 is 8.85 Å². The van der Waals surface area contributed by atoms with Gasteiger partial charge in [0.25, 0.3) is 0 Å². The number of hydrogen-bond donors (Lipinski definition) is 0. The van der Waals surface area contributed by atoms with Crippen molar-refractivity contribution >= 4 is 16.6 Å². The Morgan fingerprint density at radius 2 is 1.57 bits per heavy atom. The molecule has 4 aliphatic rings. The molecule has 3 unspecified atom stereocenters. The van der Waals surface area contributed by atoms with Crippen molar-refractivity contribution in [2.24, 2.45) is 34.5 Å². The smallest absolute Gasteiger partial charge is 0.242 e. The van der Waals surface area contributed by atoms with Crippen LogP contribution in [0.25, 0.3) is 0 Å². The second-order valence-corrected chi connectivity index (χ2v) is 22.2. The van der Waals surface area contributed by atoms with E-state index >= 15 is 0 Å². The Morgan fingerprint density at radius 1 is 0.867 bits per heavy atom. The molecule has 0 bridgehead atoms. The van der Waals surface area contributed by atoms with Crippen molar-refractivity contribution in [2.75, 3.05) is 0 Å². The second-order valence-electron chi connectivity index (χ2n) is 13.3. The van der Waals surface area contributed by atoms with Crippen LogP contribution in [-0.2, 0) is 8.85 Å². The van der Waals surface area contributed by atoms with Crippen molar-refractivity contribution in [2.45, 2.75) is 105 Å². The predicted molar refractivity (Wildman–Crippen MR) is 132 cm³/mol. The number of rotatable bonds is 4. The van der Waals surface area contributed by atoms with Gasteiger partial charge in [0.15, 0.2) is 8.32 Å². The van der Waals surface area contributed by atoms with Crippen LogP contribution in [0.3, 0.4) is 0 Å². The van der Waals surface area contributed by atoms with Gasteiger partial charge in [0, 0.05) is 0 Å². The van der Waals surface area contributed by atoms with Gasteiger partial charge in [-0.15, -0.1) is 0 Å². The fraction of sp³-hybridized carbons (Fsp3) is 0.846. The van der Waals surface area contributed by atoms with Gasteiger partial charge in [0.05, 0.1) is 11.9 Å². The van der Waals surface area contributed by atoms with Gasteiger partial charge >= 0.3 is 0 Å². The van der Waals surface area contributed by atoms with Gasteiger partial charge in [-0.05, 0) is 131 Å². The first kappa shape index (κ1) is 22.9. The van der Waals surface area contributed by atoms with E-state index in [2.05, 4.69) is 72.2 Å². The SMILES string of the molecule is CC1=CC(O[Si](C)(C)C)=C[C@@H]2CCC3C4CC[C@H](O[Si](C)(C)C)[C@@]4(C)CCC3[C@@]12C. The molecular weight excluding hydrogens is 400 g/mol. The zero-order valence-corrected chi connectivity index (χ0v) is 23.1. The van der Waals surface area contributed by atoms with Gasteiger partial charge in [-0.2, -0.15) is 0 Å². The Labute approximate surface area is 188 Å². The molecular formula is C26H46O2Si2. The Morgan fingerprint density at radius 3 is 2.20 bits per heavy atom. The van der Waals surface area contributed by atoms with Gasteiger partial charge in [0.1, 0.15) is 0 Å². The lowest BCUT2D eigenvalue weighted by Gasteiger charge is -2.60. The lowest BCUT2D eigenvalue weighted by molar-refractivity contribution is -0.0854. The van der Waals surface area contributed by atoms with Gasteiger partial charge < -0.3 is 8.85 Å². The van der Waals surface area contributed by atoms with Crippen molar-refractivity contribution in [3.8, 4) is 0 Å². The highest BCUT2D eigenvalue weighted by molar-refractivity contribution is 6.70. The van der Waals surface area contributed by atoms with Gasteiger partial charge in [0.2, 0.25) is 8.32 Å². The summed E-state index contributed by atoms with van der Waals surface area (Å²) in [7, 11) is -3.07. The van der Waals surface area contributed by atoms with Crippen LogP contribution in [0.4, 0.5) is 0 Å². The molecule has 0 aromatic rings. The van der Waals surface area contributed by atoms with Crippen LogP contribution in [0.5, 0.6) is 0 Å². The summed E-state index contributed by atoms with van der Waals surface area (Å²) in [5, 5.41) is 0. The lowest BCUT2D eigenvalue weighted by Crippen LogP contribution is -2.54. The van der Waals surface area contributed by atoms with E-state index in [1.165, 1.54) is 38.5 Å². The van der Waals surface area contributed by atoms with Crippen molar-refractivity contribution in [1.82, 2.24) is 0 Å². The molecule has 0 radical (unpaired) electrons. The average Bonchev–Trinajstić information content (AvgIpc) is 2.90. The molecule has 0 aromatic heterocycles. The van der Waals surface area contributed by atoms with E-state index in [9.17, 15) is 0 Å². The van der Waals surface area contributed by atoms with E-state index in [-0.39, 0.29) is 0 Å². The topological polar surface area (TPSA) is 18.5 Å². The third kappa shape index (κ3) is 3.83. The van der Waals surface area contributed by atoms with E-state index in [1.807, 2.05) is 0 Å². The Kier molecular flexibility index (Phi) is 5.60. The first-order valence-corrected chi connectivity index (χ1v) is 19.3. The van der Waals surface area contributed by atoms with Gasteiger partial charge in [-0.1, -0.05) is 19.4 Å². The second kappa shape index (κ2) is 7.35. The Hall–Kier alpha value is -0.326. The molecule has 3 saturated carbocycles. The summed E-state index contributed by atoms with van der Waals surface area (Å²) in [5.74, 6) is 4.36. The summed E-state index contributed by atoms with van der Waals surface area (Å²) >= 11 is 0. The van der Waals surface area contributed by atoms with E-state index in [0.29, 0.717) is 22.9 Å². The molecule has 3 fully saturated rings. The molecule has 170 valence electrons. The monoisotopic (exact) mass is 446 g/mol. The van der Waals surface area contributed by atoms with Gasteiger partial charge in [-0.3, -0.25) is 0 Å². The molecule has 0 aromatic carbocycles. The summed E-state index contributed by atoms with van der Waals surface area (Å²) < 4.78 is 13.2. The predicted octanol–water partition coefficient (Wildman–Crippen LogP) is 7.76. The largest absolute Gasteiger partial charge is 0.545 e. The molecule has 0 saturated heterocycles. The van der Waals surface area contributed by atoms with Crippen molar-refractivity contribution in [3.05, 3.63) is 23.5 Å². The number of fused-ring (bicyclic) bond motifs is 5. The van der Waals surface area contributed by atoms with Crippen molar-refractivity contribution in [3.63, 3.8) is 0 Å². The van der Waals surface area contributed by atoms with Crippen LogP contribution in [-0.4, -0.2) is 22.7 Å². The third-order valence-electron chi connectivity index (χ3n) is 9.20. The van der Waals surface area contributed by atoms with Crippen LogP contribution in [0.15, 0.2) is 23.5 Å². The molecule has 0 heterocycles. The average molecular weight is 447 g/mol.